The molecule has 2 aromatic heterocycles. The van der Waals surface area contributed by atoms with Gasteiger partial charge in [-0.3, -0.25) is 9.78 Å². The Morgan fingerprint density at radius 2 is 1.88 bits per heavy atom. The lowest BCUT2D eigenvalue weighted by molar-refractivity contribution is 0.0992. The zero-order valence-electron chi connectivity index (χ0n) is 15.2. The van der Waals surface area contributed by atoms with Crippen LogP contribution in [0.4, 0.5) is 5.69 Å². The van der Waals surface area contributed by atoms with Crippen molar-refractivity contribution in [1.29, 1.82) is 0 Å². The lowest BCUT2D eigenvalue weighted by Crippen LogP contribution is -2.11. The highest BCUT2D eigenvalue weighted by molar-refractivity contribution is 6.02. The van der Waals surface area contributed by atoms with Crippen molar-refractivity contribution in [1.82, 2.24) is 4.98 Å². The number of nitrogens with one attached hydrogen (secondary N) is 1. The molecule has 3 rings (SSSR count). The third-order valence-electron chi connectivity index (χ3n) is 3.91. The second-order valence-electron chi connectivity index (χ2n) is 7.02. The SMILES string of the molecule is CC(C)(C)c1ccc(OCc2ccc(C(=O)Nc3cccnc3)o2)cc1. The van der Waals surface area contributed by atoms with Gasteiger partial charge in [-0.1, -0.05) is 32.9 Å². The largest absolute Gasteiger partial charge is 0.486 e. The number of hydrogen-bond acceptors (Lipinski definition) is 4. The van der Waals surface area contributed by atoms with E-state index in [0.29, 0.717) is 11.4 Å². The van der Waals surface area contributed by atoms with Crippen LogP contribution < -0.4 is 10.1 Å². The zero-order valence-corrected chi connectivity index (χ0v) is 15.2. The van der Waals surface area contributed by atoms with Gasteiger partial charge in [0.05, 0.1) is 11.9 Å². The minimum Gasteiger partial charge on any atom is -0.486 e. The van der Waals surface area contributed by atoms with Crippen LogP contribution >= 0.6 is 0 Å². The fourth-order valence-corrected chi connectivity index (χ4v) is 2.41. The molecule has 0 aliphatic heterocycles. The molecular formula is C21H22N2O3. The first-order valence-electron chi connectivity index (χ1n) is 8.45. The molecule has 0 unspecified atom stereocenters. The lowest BCUT2D eigenvalue weighted by Gasteiger charge is -2.19. The number of nitrogens with zero attached hydrogens (tertiary/aromatic N) is 1. The Morgan fingerprint density at radius 3 is 2.54 bits per heavy atom. The molecule has 0 bridgehead atoms. The Balaban J connectivity index is 1.57. The fourth-order valence-electron chi connectivity index (χ4n) is 2.41. The highest BCUT2D eigenvalue weighted by atomic mass is 16.5. The molecule has 0 saturated heterocycles. The van der Waals surface area contributed by atoms with E-state index in [1.54, 1.807) is 36.7 Å². The van der Waals surface area contributed by atoms with Crippen molar-refractivity contribution in [3.63, 3.8) is 0 Å². The highest BCUT2D eigenvalue weighted by Gasteiger charge is 2.14. The van der Waals surface area contributed by atoms with Gasteiger partial charge in [0.1, 0.15) is 18.1 Å². The van der Waals surface area contributed by atoms with Crippen LogP contribution in [-0.4, -0.2) is 10.9 Å². The quantitative estimate of drug-likeness (QED) is 0.717. The van der Waals surface area contributed by atoms with Crippen LogP contribution in [0, 0.1) is 0 Å². The lowest BCUT2D eigenvalue weighted by atomic mass is 9.87. The summed E-state index contributed by atoms with van der Waals surface area (Å²) >= 11 is 0. The summed E-state index contributed by atoms with van der Waals surface area (Å²) in [7, 11) is 0. The number of pyridine rings is 1. The highest BCUT2D eigenvalue weighted by Crippen LogP contribution is 2.24. The molecule has 5 nitrogen and oxygen atoms in total. The van der Waals surface area contributed by atoms with Crippen LogP contribution in [0.2, 0.25) is 0 Å². The number of furan rings is 1. The molecule has 0 radical (unpaired) electrons. The van der Waals surface area contributed by atoms with E-state index >= 15 is 0 Å². The number of amides is 1. The number of hydrogen-bond donors (Lipinski definition) is 1. The fraction of sp³-hybridized carbons (Fsp3) is 0.238. The molecule has 1 amide bonds. The molecule has 3 aromatic rings. The van der Waals surface area contributed by atoms with Crippen molar-refractivity contribution in [3.8, 4) is 5.75 Å². The summed E-state index contributed by atoms with van der Waals surface area (Å²) in [6.07, 6.45) is 3.22. The minimum absolute atomic E-state index is 0.107. The van der Waals surface area contributed by atoms with E-state index in [0.717, 1.165) is 5.75 Å². The minimum atomic E-state index is -0.321. The first-order valence-corrected chi connectivity index (χ1v) is 8.45. The van der Waals surface area contributed by atoms with Crippen LogP contribution in [0.3, 0.4) is 0 Å². The zero-order chi connectivity index (χ0) is 18.6. The van der Waals surface area contributed by atoms with Crippen LogP contribution in [0.5, 0.6) is 5.75 Å². The summed E-state index contributed by atoms with van der Waals surface area (Å²) in [5.74, 6) is 1.26. The van der Waals surface area contributed by atoms with Gasteiger partial charge in [-0.05, 0) is 47.4 Å². The Hall–Kier alpha value is -3.08. The molecule has 0 aliphatic carbocycles. The van der Waals surface area contributed by atoms with E-state index < -0.39 is 0 Å². The molecule has 1 aromatic carbocycles. The van der Waals surface area contributed by atoms with Crippen LogP contribution in [0.15, 0.2) is 65.3 Å². The molecule has 1 N–H and O–H groups in total. The first-order chi connectivity index (χ1) is 12.4. The van der Waals surface area contributed by atoms with Gasteiger partial charge in [0.15, 0.2) is 5.76 Å². The van der Waals surface area contributed by atoms with Crippen molar-refractivity contribution < 1.29 is 13.9 Å². The van der Waals surface area contributed by atoms with Crippen LogP contribution in [-0.2, 0) is 12.0 Å². The number of aromatic nitrogens is 1. The number of ether oxygens (including phenoxy) is 1. The van der Waals surface area contributed by atoms with Gasteiger partial charge in [-0.25, -0.2) is 0 Å². The van der Waals surface area contributed by atoms with Crippen molar-refractivity contribution >= 4 is 11.6 Å². The van der Waals surface area contributed by atoms with Gasteiger partial charge in [0, 0.05) is 6.20 Å². The van der Waals surface area contributed by atoms with Gasteiger partial charge >= 0.3 is 0 Å². The number of carbonyl (C=O) groups excluding carboxylic acids is 1. The maximum atomic E-state index is 12.2. The molecule has 134 valence electrons. The molecule has 0 atom stereocenters. The Bertz CT molecular complexity index is 862. The average molecular weight is 350 g/mol. The number of anilines is 1. The monoisotopic (exact) mass is 350 g/mol. The number of benzene rings is 1. The van der Waals surface area contributed by atoms with Gasteiger partial charge < -0.3 is 14.5 Å². The van der Waals surface area contributed by atoms with E-state index in [1.807, 2.05) is 12.1 Å². The summed E-state index contributed by atoms with van der Waals surface area (Å²) < 4.78 is 11.3. The maximum absolute atomic E-state index is 12.2. The first kappa shape index (κ1) is 17.7. The Morgan fingerprint density at radius 1 is 1.12 bits per heavy atom. The van der Waals surface area contributed by atoms with Gasteiger partial charge in [0.2, 0.25) is 0 Å². The molecule has 2 heterocycles. The van der Waals surface area contributed by atoms with Crippen molar-refractivity contribution in [2.75, 3.05) is 5.32 Å². The van der Waals surface area contributed by atoms with Gasteiger partial charge in [0.25, 0.3) is 5.91 Å². The average Bonchev–Trinajstić information content (AvgIpc) is 3.10. The second kappa shape index (κ2) is 7.44. The van der Waals surface area contributed by atoms with E-state index in [-0.39, 0.29) is 23.7 Å². The van der Waals surface area contributed by atoms with E-state index in [4.69, 9.17) is 9.15 Å². The van der Waals surface area contributed by atoms with Crippen molar-refractivity contribution in [2.24, 2.45) is 0 Å². The standard InChI is InChI=1S/C21H22N2O3/c1-21(2,3)15-6-8-17(9-7-15)25-14-18-10-11-19(26-18)20(24)23-16-5-4-12-22-13-16/h4-13H,14H2,1-3H3,(H,23,24). The van der Waals surface area contributed by atoms with E-state index in [2.05, 4.69) is 43.2 Å². The van der Waals surface area contributed by atoms with E-state index in [1.165, 1.54) is 5.56 Å². The summed E-state index contributed by atoms with van der Waals surface area (Å²) in [5.41, 5.74) is 1.97. The predicted octanol–water partition coefficient (Wildman–Crippen LogP) is 4.80. The third-order valence-corrected chi connectivity index (χ3v) is 3.91. The molecule has 0 aliphatic rings. The number of rotatable bonds is 5. The molecule has 26 heavy (non-hydrogen) atoms. The molecule has 0 saturated carbocycles. The summed E-state index contributed by atoms with van der Waals surface area (Å²) in [6, 6.07) is 14.9. The molecule has 0 spiro atoms. The van der Waals surface area contributed by atoms with Gasteiger partial charge in [-0.15, -0.1) is 0 Å². The topological polar surface area (TPSA) is 64.4 Å². The molecule has 5 heteroatoms. The second-order valence-corrected chi connectivity index (χ2v) is 7.02. The summed E-state index contributed by atoms with van der Waals surface area (Å²) in [4.78, 5) is 16.1. The Kier molecular flexibility index (Phi) is 5.07. The van der Waals surface area contributed by atoms with Crippen molar-refractivity contribution in [2.45, 2.75) is 32.8 Å². The maximum Gasteiger partial charge on any atom is 0.291 e. The molecular weight excluding hydrogens is 328 g/mol. The summed E-state index contributed by atoms with van der Waals surface area (Å²) in [5, 5.41) is 2.73. The van der Waals surface area contributed by atoms with Crippen molar-refractivity contribution in [3.05, 3.63) is 78.0 Å². The third kappa shape index (κ3) is 4.51. The van der Waals surface area contributed by atoms with Gasteiger partial charge in [-0.2, -0.15) is 0 Å². The summed E-state index contributed by atoms with van der Waals surface area (Å²) in [6.45, 7) is 6.77. The van der Waals surface area contributed by atoms with E-state index in [9.17, 15) is 4.79 Å². The van der Waals surface area contributed by atoms with Crippen LogP contribution in [0.1, 0.15) is 42.6 Å². The normalized spacial score (nSPS) is 11.2. The Labute approximate surface area is 153 Å². The smallest absolute Gasteiger partial charge is 0.291 e. The predicted molar refractivity (Wildman–Crippen MR) is 100 cm³/mol. The molecule has 0 fully saturated rings. The number of carbonyl (C=O) groups is 1. The van der Waals surface area contributed by atoms with Crippen LogP contribution in [0.25, 0.3) is 0 Å².